The molecule has 0 aliphatic carbocycles. The number of carbonyl (C=O) groups excluding carboxylic acids is 1. The van der Waals surface area contributed by atoms with E-state index < -0.39 is 21.1 Å². The molecule has 2 aromatic carbocycles. The van der Waals surface area contributed by atoms with Crippen LogP contribution in [0.3, 0.4) is 0 Å². The monoisotopic (exact) mass is 466 g/mol. The van der Waals surface area contributed by atoms with E-state index in [1.54, 1.807) is 12.1 Å². The summed E-state index contributed by atoms with van der Waals surface area (Å²) in [5, 5.41) is 2.14. The van der Waals surface area contributed by atoms with Gasteiger partial charge in [-0.15, -0.1) is 0 Å². The second kappa shape index (κ2) is 9.99. The maximum absolute atomic E-state index is 13.3. The number of thiol groups is 1. The van der Waals surface area contributed by atoms with E-state index in [0.717, 1.165) is 30.5 Å². The maximum atomic E-state index is 13.3. The van der Waals surface area contributed by atoms with Crippen LogP contribution in [0.15, 0.2) is 47.4 Å². The van der Waals surface area contributed by atoms with Gasteiger partial charge in [0.25, 0.3) is 10.0 Å². The van der Waals surface area contributed by atoms with Gasteiger partial charge >= 0.3 is 0 Å². The van der Waals surface area contributed by atoms with Gasteiger partial charge in [-0.25, -0.2) is 12.8 Å². The van der Waals surface area contributed by atoms with Gasteiger partial charge in [0.2, 0.25) is 5.91 Å². The van der Waals surface area contributed by atoms with E-state index in [0.29, 0.717) is 30.8 Å². The van der Waals surface area contributed by atoms with Crippen molar-refractivity contribution < 1.29 is 17.6 Å². The molecule has 3 rings (SSSR count). The molecule has 0 spiro atoms. The number of halogens is 1. The van der Waals surface area contributed by atoms with Gasteiger partial charge in [-0.05, 0) is 61.2 Å². The van der Waals surface area contributed by atoms with Crippen LogP contribution in [0.5, 0.6) is 0 Å². The fourth-order valence-corrected chi connectivity index (χ4v) is 5.48. The molecular weight excluding hydrogens is 439 g/mol. The van der Waals surface area contributed by atoms with Crippen LogP contribution in [0.25, 0.3) is 0 Å². The van der Waals surface area contributed by atoms with Crippen LogP contribution in [-0.4, -0.2) is 32.2 Å². The number of hydrogen-bond donors (Lipinski definition) is 4. The van der Waals surface area contributed by atoms with Gasteiger partial charge < -0.3 is 5.32 Å². The van der Waals surface area contributed by atoms with Crippen molar-refractivity contribution in [3.8, 4) is 0 Å². The fraction of sp³-hybridized carbons (Fsp3) is 0.381. The minimum absolute atomic E-state index is 0.0167. The SMILES string of the molecule is CCCC(NN)C(S)C(=O)Nc1ccc2c(c1)N(S(=O)(=O)c1ccc(F)cc1)CCC2. The summed E-state index contributed by atoms with van der Waals surface area (Å²) in [6, 6.07) is 9.68. The number of nitrogens with zero attached hydrogens (tertiary/aromatic N) is 1. The zero-order valence-corrected chi connectivity index (χ0v) is 18.9. The Morgan fingerprint density at radius 3 is 2.61 bits per heavy atom. The van der Waals surface area contributed by atoms with Gasteiger partial charge in [0, 0.05) is 18.3 Å². The van der Waals surface area contributed by atoms with Gasteiger partial charge in [0.05, 0.1) is 15.8 Å². The molecule has 0 radical (unpaired) electrons. The summed E-state index contributed by atoms with van der Waals surface area (Å²) in [5.41, 5.74) is 4.46. The molecule has 2 aromatic rings. The second-order valence-corrected chi connectivity index (χ2v) is 9.89. The molecule has 1 heterocycles. The van der Waals surface area contributed by atoms with Crippen LogP contribution in [-0.2, 0) is 21.2 Å². The molecule has 0 fully saturated rings. The molecule has 168 valence electrons. The molecule has 0 aromatic heterocycles. The largest absolute Gasteiger partial charge is 0.325 e. The van der Waals surface area contributed by atoms with E-state index in [-0.39, 0.29) is 16.8 Å². The number of rotatable bonds is 8. The first kappa shape index (κ1) is 23.5. The minimum atomic E-state index is -3.87. The highest BCUT2D eigenvalue weighted by Gasteiger charge is 2.30. The molecular formula is C21H27FN4O3S2. The highest BCUT2D eigenvalue weighted by atomic mass is 32.2. The van der Waals surface area contributed by atoms with Gasteiger partial charge in [-0.3, -0.25) is 20.4 Å². The molecule has 7 nitrogen and oxygen atoms in total. The third-order valence-electron chi connectivity index (χ3n) is 5.29. The molecule has 1 aliphatic heterocycles. The third-order valence-corrected chi connectivity index (χ3v) is 7.72. The van der Waals surface area contributed by atoms with Crippen molar-refractivity contribution in [1.29, 1.82) is 0 Å². The van der Waals surface area contributed by atoms with Crippen molar-refractivity contribution in [2.24, 2.45) is 5.84 Å². The van der Waals surface area contributed by atoms with Gasteiger partial charge in [0.1, 0.15) is 5.82 Å². The number of aryl methyl sites for hydroxylation is 1. The van der Waals surface area contributed by atoms with Gasteiger partial charge in [0.15, 0.2) is 0 Å². The molecule has 4 N–H and O–H groups in total. The van der Waals surface area contributed by atoms with Crippen molar-refractivity contribution in [3.63, 3.8) is 0 Å². The zero-order chi connectivity index (χ0) is 22.6. The lowest BCUT2D eigenvalue weighted by atomic mass is 10.0. The summed E-state index contributed by atoms with van der Waals surface area (Å²) in [4.78, 5) is 12.7. The quantitative estimate of drug-likeness (QED) is 0.272. The highest BCUT2D eigenvalue weighted by molar-refractivity contribution is 7.92. The molecule has 1 aliphatic rings. The Labute approximate surface area is 187 Å². The number of carbonyl (C=O) groups is 1. The van der Waals surface area contributed by atoms with Crippen LogP contribution in [0.2, 0.25) is 0 Å². The zero-order valence-electron chi connectivity index (χ0n) is 17.2. The number of fused-ring (bicyclic) bond motifs is 1. The first-order valence-corrected chi connectivity index (χ1v) is 12.1. The van der Waals surface area contributed by atoms with Gasteiger partial charge in [-0.2, -0.15) is 12.6 Å². The number of anilines is 2. The number of benzene rings is 2. The summed E-state index contributed by atoms with van der Waals surface area (Å²) in [5.74, 6) is 4.70. The van der Waals surface area contributed by atoms with Gasteiger partial charge in [-0.1, -0.05) is 19.4 Å². The Hall–Kier alpha value is -2.14. The Balaban J connectivity index is 1.87. The van der Waals surface area contributed by atoms with Crippen molar-refractivity contribution in [1.82, 2.24) is 5.43 Å². The van der Waals surface area contributed by atoms with Crippen LogP contribution >= 0.6 is 12.6 Å². The van der Waals surface area contributed by atoms with Crippen LogP contribution < -0.4 is 20.9 Å². The normalized spacial score (nSPS) is 15.8. The summed E-state index contributed by atoms with van der Waals surface area (Å²) < 4.78 is 40.9. The minimum Gasteiger partial charge on any atom is -0.325 e. The number of nitrogens with two attached hydrogens (primary N) is 1. The molecule has 2 atom stereocenters. The van der Waals surface area contributed by atoms with E-state index >= 15 is 0 Å². The third kappa shape index (κ3) is 5.20. The average Bonchev–Trinajstić information content (AvgIpc) is 2.76. The molecule has 0 bridgehead atoms. The standard InChI is InChI=1S/C21H27FN4O3S2/c1-2-4-18(25-23)20(30)21(27)24-16-9-6-14-5-3-12-26(19(14)13-16)31(28,29)17-10-7-15(22)8-11-17/h6-11,13,18,20,25,30H,2-5,12,23H2,1H3,(H,24,27). The topological polar surface area (TPSA) is 105 Å². The number of nitrogens with one attached hydrogen (secondary N) is 2. The molecule has 2 unspecified atom stereocenters. The lowest BCUT2D eigenvalue weighted by Crippen LogP contribution is -2.46. The van der Waals surface area contributed by atoms with Crippen molar-refractivity contribution in [3.05, 3.63) is 53.8 Å². The molecule has 10 heteroatoms. The van der Waals surface area contributed by atoms with Crippen molar-refractivity contribution in [2.75, 3.05) is 16.2 Å². The predicted molar refractivity (Wildman–Crippen MR) is 123 cm³/mol. The Bertz CT molecular complexity index is 1030. The maximum Gasteiger partial charge on any atom is 0.264 e. The first-order chi connectivity index (χ1) is 14.8. The second-order valence-electron chi connectivity index (χ2n) is 7.47. The number of hydrazine groups is 1. The Kier molecular flexibility index (Phi) is 7.58. The predicted octanol–water partition coefficient (Wildman–Crippen LogP) is 2.84. The van der Waals surface area contributed by atoms with E-state index in [4.69, 9.17) is 5.84 Å². The fourth-order valence-electron chi connectivity index (χ4n) is 3.64. The summed E-state index contributed by atoms with van der Waals surface area (Å²) in [7, 11) is -3.87. The van der Waals surface area contributed by atoms with E-state index in [1.807, 2.05) is 13.0 Å². The number of sulfonamides is 1. The smallest absolute Gasteiger partial charge is 0.264 e. The summed E-state index contributed by atoms with van der Waals surface area (Å²) in [6.45, 7) is 2.29. The van der Waals surface area contributed by atoms with Crippen LogP contribution in [0.1, 0.15) is 31.7 Å². The van der Waals surface area contributed by atoms with Crippen LogP contribution in [0, 0.1) is 5.82 Å². The highest BCUT2D eigenvalue weighted by Crippen LogP contribution is 2.34. The van der Waals surface area contributed by atoms with Crippen LogP contribution in [0.4, 0.5) is 15.8 Å². The lowest BCUT2D eigenvalue weighted by Gasteiger charge is -2.31. The van der Waals surface area contributed by atoms with E-state index in [1.165, 1.54) is 16.4 Å². The average molecular weight is 467 g/mol. The molecule has 1 amide bonds. The Morgan fingerprint density at radius 2 is 1.97 bits per heavy atom. The molecule has 31 heavy (non-hydrogen) atoms. The Morgan fingerprint density at radius 1 is 1.26 bits per heavy atom. The molecule has 0 saturated carbocycles. The molecule has 0 saturated heterocycles. The van der Waals surface area contributed by atoms with E-state index in [9.17, 15) is 17.6 Å². The summed E-state index contributed by atoms with van der Waals surface area (Å²) in [6.07, 6.45) is 2.92. The van der Waals surface area contributed by atoms with Crippen molar-refractivity contribution >= 4 is 39.9 Å². The lowest BCUT2D eigenvalue weighted by molar-refractivity contribution is -0.116. The van der Waals surface area contributed by atoms with Crippen molar-refractivity contribution in [2.45, 2.75) is 48.8 Å². The summed E-state index contributed by atoms with van der Waals surface area (Å²) >= 11 is 4.39. The number of hydrogen-bond acceptors (Lipinski definition) is 6. The number of amides is 1. The van der Waals surface area contributed by atoms with E-state index in [2.05, 4.69) is 23.4 Å². The first-order valence-electron chi connectivity index (χ1n) is 10.1.